The Morgan fingerprint density at radius 1 is 0.345 bits per heavy atom. The summed E-state index contributed by atoms with van der Waals surface area (Å²) in [6, 6.07) is 0. The molecular weight excluding hydrogens is 721 g/mol. The molecule has 0 spiro atoms. The molecule has 0 heterocycles. The Bertz CT molecular complexity index is 874. The van der Waals surface area contributed by atoms with Gasteiger partial charge in [0.25, 0.3) is 0 Å². The number of ether oxygens (including phenoxy) is 3. The van der Waals surface area contributed by atoms with E-state index < -0.39 is 6.10 Å². The first-order valence-corrected chi connectivity index (χ1v) is 25.9. The van der Waals surface area contributed by atoms with E-state index in [1.807, 2.05) is 0 Å². The molecule has 0 fully saturated rings. The minimum Gasteiger partial charge on any atom is -0.462 e. The minimum atomic E-state index is -0.760. The van der Waals surface area contributed by atoms with Crippen LogP contribution in [0.5, 0.6) is 0 Å². The van der Waals surface area contributed by atoms with Crippen molar-refractivity contribution in [3.05, 3.63) is 0 Å². The van der Waals surface area contributed by atoms with Crippen molar-refractivity contribution in [2.45, 2.75) is 297 Å². The minimum absolute atomic E-state index is 0.0634. The predicted molar refractivity (Wildman–Crippen MR) is 247 cm³/mol. The van der Waals surface area contributed by atoms with Gasteiger partial charge in [-0.2, -0.15) is 0 Å². The highest BCUT2D eigenvalue weighted by Gasteiger charge is 2.19. The zero-order chi connectivity index (χ0) is 42.4. The van der Waals surface area contributed by atoms with Crippen molar-refractivity contribution < 1.29 is 28.6 Å². The first-order valence-electron chi connectivity index (χ1n) is 25.9. The Morgan fingerprint density at radius 3 is 0.897 bits per heavy atom. The van der Waals surface area contributed by atoms with Crippen LogP contribution in [0.15, 0.2) is 0 Å². The van der Waals surface area contributed by atoms with E-state index in [-0.39, 0.29) is 31.1 Å². The van der Waals surface area contributed by atoms with Crippen molar-refractivity contribution >= 4 is 17.9 Å². The van der Waals surface area contributed by atoms with Crippen LogP contribution in [-0.2, 0) is 28.6 Å². The third-order valence-corrected chi connectivity index (χ3v) is 12.2. The second kappa shape index (κ2) is 46.5. The second-order valence-corrected chi connectivity index (χ2v) is 18.1. The molecule has 2 atom stereocenters. The molecule has 0 saturated heterocycles. The molecule has 0 N–H and O–H groups in total. The quantitative estimate of drug-likeness (QED) is 0.0346. The fraction of sp³-hybridized carbons (Fsp3) is 0.942. The van der Waals surface area contributed by atoms with E-state index in [4.69, 9.17) is 14.2 Å². The Balaban J connectivity index is 4.21. The van der Waals surface area contributed by atoms with Gasteiger partial charge in [-0.25, -0.2) is 0 Å². The van der Waals surface area contributed by atoms with E-state index in [1.165, 1.54) is 186 Å². The summed E-state index contributed by atoms with van der Waals surface area (Å²) in [5, 5.41) is 0. The molecule has 344 valence electrons. The molecule has 0 aromatic carbocycles. The van der Waals surface area contributed by atoms with Gasteiger partial charge in [-0.1, -0.05) is 252 Å². The predicted octanol–water partition coefficient (Wildman–Crippen LogP) is 16.7. The first kappa shape index (κ1) is 56.4. The third kappa shape index (κ3) is 44.0. The molecular formula is C52H100O6. The Morgan fingerprint density at radius 2 is 0.603 bits per heavy atom. The van der Waals surface area contributed by atoms with Crippen molar-refractivity contribution in [1.82, 2.24) is 0 Å². The first-order chi connectivity index (χ1) is 28.4. The number of carbonyl (C=O) groups excluding carboxylic acids is 3. The Kier molecular flexibility index (Phi) is 45.2. The van der Waals surface area contributed by atoms with Crippen LogP contribution in [0.1, 0.15) is 291 Å². The summed E-state index contributed by atoms with van der Waals surface area (Å²) < 4.78 is 16.8. The number of esters is 3. The van der Waals surface area contributed by atoms with Crippen molar-refractivity contribution in [1.29, 1.82) is 0 Å². The highest BCUT2D eigenvalue weighted by atomic mass is 16.6. The zero-order valence-corrected chi connectivity index (χ0v) is 39.5. The number of rotatable bonds is 47. The lowest BCUT2D eigenvalue weighted by atomic mass is 9.99. The molecule has 58 heavy (non-hydrogen) atoms. The van der Waals surface area contributed by atoms with E-state index in [1.54, 1.807) is 0 Å². The molecule has 0 aliphatic heterocycles. The maximum absolute atomic E-state index is 12.7. The zero-order valence-electron chi connectivity index (χ0n) is 39.5. The lowest BCUT2D eigenvalue weighted by molar-refractivity contribution is -0.167. The van der Waals surface area contributed by atoms with Crippen molar-refractivity contribution in [2.75, 3.05) is 13.2 Å². The summed E-state index contributed by atoms with van der Waals surface area (Å²) in [7, 11) is 0. The second-order valence-electron chi connectivity index (χ2n) is 18.1. The fourth-order valence-corrected chi connectivity index (χ4v) is 7.83. The topological polar surface area (TPSA) is 78.9 Å². The van der Waals surface area contributed by atoms with Gasteiger partial charge in [0.1, 0.15) is 13.2 Å². The van der Waals surface area contributed by atoms with E-state index >= 15 is 0 Å². The van der Waals surface area contributed by atoms with Gasteiger partial charge in [-0.15, -0.1) is 0 Å². The highest BCUT2D eigenvalue weighted by Crippen LogP contribution is 2.17. The normalized spacial score (nSPS) is 12.4. The average molecular weight is 821 g/mol. The molecule has 6 heteroatoms. The number of carbonyl (C=O) groups is 3. The largest absolute Gasteiger partial charge is 0.462 e. The van der Waals surface area contributed by atoms with Crippen molar-refractivity contribution in [3.8, 4) is 0 Å². The smallest absolute Gasteiger partial charge is 0.306 e. The molecule has 1 unspecified atom stereocenters. The molecule has 0 aromatic rings. The van der Waals surface area contributed by atoms with Crippen LogP contribution in [-0.4, -0.2) is 37.2 Å². The van der Waals surface area contributed by atoms with Gasteiger partial charge >= 0.3 is 17.9 Å². The molecule has 0 bridgehead atoms. The van der Waals surface area contributed by atoms with Crippen LogP contribution >= 0.6 is 0 Å². The molecule has 0 aliphatic carbocycles. The lowest BCUT2D eigenvalue weighted by Gasteiger charge is -2.18. The van der Waals surface area contributed by atoms with Gasteiger partial charge in [-0.05, 0) is 25.2 Å². The summed E-state index contributed by atoms with van der Waals surface area (Å²) in [5.41, 5.74) is 0. The van der Waals surface area contributed by atoms with Gasteiger partial charge in [0.2, 0.25) is 0 Å². The molecule has 0 saturated carbocycles. The third-order valence-electron chi connectivity index (χ3n) is 12.2. The summed E-state index contributed by atoms with van der Waals surface area (Å²) in [6.07, 6.45) is 48.1. The van der Waals surface area contributed by atoms with E-state index in [2.05, 4.69) is 27.7 Å². The summed E-state index contributed by atoms with van der Waals surface area (Å²) >= 11 is 0. The molecule has 0 rings (SSSR count). The van der Waals surface area contributed by atoms with Crippen LogP contribution in [0.3, 0.4) is 0 Å². The number of hydrogen-bond acceptors (Lipinski definition) is 6. The van der Waals surface area contributed by atoms with Gasteiger partial charge in [0.15, 0.2) is 6.10 Å². The van der Waals surface area contributed by atoms with Gasteiger partial charge in [0.05, 0.1) is 0 Å². The highest BCUT2D eigenvalue weighted by molar-refractivity contribution is 5.71. The fourth-order valence-electron chi connectivity index (χ4n) is 7.83. The van der Waals surface area contributed by atoms with E-state index in [0.29, 0.717) is 19.3 Å². The van der Waals surface area contributed by atoms with Crippen LogP contribution < -0.4 is 0 Å². The van der Waals surface area contributed by atoms with Crippen LogP contribution in [0, 0.1) is 5.92 Å². The molecule has 0 radical (unpaired) electrons. The summed E-state index contributed by atoms with van der Waals surface area (Å²) in [5.74, 6) is -0.00529. The van der Waals surface area contributed by atoms with Crippen LogP contribution in [0.2, 0.25) is 0 Å². The SMILES string of the molecule is CCCCCCCCCCCCCCCCCCCCCC(=O)OC[C@H](COC(=O)CCCCCCCCCCC)OC(=O)CCCCCCCCCCC(C)CC. The van der Waals surface area contributed by atoms with Gasteiger partial charge in [0, 0.05) is 19.3 Å². The van der Waals surface area contributed by atoms with Gasteiger partial charge in [-0.3, -0.25) is 14.4 Å². The average Bonchev–Trinajstić information content (AvgIpc) is 3.22. The molecule has 0 aromatic heterocycles. The number of unbranched alkanes of at least 4 members (excludes halogenated alkanes) is 33. The van der Waals surface area contributed by atoms with E-state index in [9.17, 15) is 14.4 Å². The van der Waals surface area contributed by atoms with Crippen LogP contribution in [0.25, 0.3) is 0 Å². The van der Waals surface area contributed by atoms with Crippen LogP contribution in [0.4, 0.5) is 0 Å². The lowest BCUT2D eigenvalue weighted by Crippen LogP contribution is -2.30. The Labute approximate surface area is 361 Å². The summed E-state index contributed by atoms with van der Waals surface area (Å²) in [6.45, 7) is 9.01. The maximum Gasteiger partial charge on any atom is 0.306 e. The maximum atomic E-state index is 12.7. The monoisotopic (exact) mass is 821 g/mol. The van der Waals surface area contributed by atoms with E-state index in [0.717, 1.165) is 63.7 Å². The van der Waals surface area contributed by atoms with Gasteiger partial charge < -0.3 is 14.2 Å². The molecule has 0 aliphatic rings. The van der Waals surface area contributed by atoms with Crippen molar-refractivity contribution in [3.63, 3.8) is 0 Å². The molecule has 6 nitrogen and oxygen atoms in total. The Hall–Kier alpha value is -1.59. The van der Waals surface area contributed by atoms with Crippen molar-refractivity contribution in [2.24, 2.45) is 5.92 Å². The molecule has 0 amide bonds. The standard InChI is InChI=1S/C52H100O6/c1-5-8-10-12-14-16-17-18-19-20-21-22-23-24-25-27-32-36-40-44-51(54)57-47-49(46-56-50(53)43-39-35-31-26-15-13-11-9-6-2)58-52(55)45-41-37-33-29-28-30-34-38-42-48(4)7-3/h48-49H,5-47H2,1-4H3/t48?,49-/m0/s1. The summed E-state index contributed by atoms with van der Waals surface area (Å²) in [4.78, 5) is 37.8. The number of hydrogen-bond donors (Lipinski definition) is 0.